The first-order valence-electron chi connectivity index (χ1n) is 6.93. The van der Waals surface area contributed by atoms with E-state index in [-0.39, 0.29) is 11.6 Å². The standard InChI is InChI=1S/C15H19F2N/c16-13-4-2-5-14(17)12(13)9-11-8-7-10-3-1-6-15(10)18-11/h2,4-5,10-11,15,18H,1,3,6-9H2. The minimum Gasteiger partial charge on any atom is -0.311 e. The molecule has 1 heterocycles. The van der Waals surface area contributed by atoms with Crippen LogP contribution in [0.3, 0.4) is 0 Å². The van der Waals surface area contributed by atoms with Gasteiger partial charge in [0.2, 0.25) is 0 Å². The molecule has 2 aliphatic rings. The van der Waals surface area contributed by atoms with Crippen LogP contribution in [0.2, 0.25) is 0 Å². The molecule has 1 nitrogen and oxygen atoms in total. The lowest BCUT2D eigenvalue weighted by Crippen LogP contribution is -2.46. The zero-order valence-electron chi connectivity index (χ0n) is 10.5. The number of benzene rings is 1. The molecule has 0 amide bonds. The monoisotopic (exact) mass is 251 g/mol. The Kier molecular flexibility index (Phi) is 3.33. The highest BCUT2D eigenvalue weighted by atomic mass is 19.1. The summed E-state index contributed by atoms with van der Waals surface area (Å²) in [7, 11) is 0. The molecule has 3 atom stereocenters. The fourth-order valence-electron chi connectivity index (χ4n) is 3.54. The first-order valence-corrected chi connectivity index (χ1v) is 6.93. The summed E-state index contributed by atoms with van der Waals surface area (Å²) in [6.07, 6.45) is 6.55. The molecule has 1 saturated heterocycles. The molecule has 1 aromatic carbocycles. The van der Waals surface area contributed by atoms with E-state index in [2.05, 4.69) is 5.32 Å². The van der Waals surface area contributed by atoms with Gasteiger partial charge in [-0.1, -0.05) is 12.5 Å². The summed E-state index contributed by atoms with van der Waals surface area (Å²) in [5.74, 6) is -0.0255. The van der Waals surface area contributed by atoms with Gasteiger partial charge >= 0.3 is 0 Å². The second-order valence-electron chi connectivity index (χ2n) is 5.64. The molecule has 2 fully saturated rings. The van der Waals surface area contributed by atoms with E-state index in [9.17, 15) is 8.78 Å². The lowest BCUT2D eigenvalue weighted by Gasteiger charge is -2.33. The predicted molar refractivity (Wildman–Crippen MR) is 67.3 cm³/mol. The molecule has 3 heteroatoms. The maximum atomic E-state index is 13.6. The topological polar surface area (TPSA) is 12.0 Å². The van der Waals surface area contributed by atoms with E-state index < -0.39 is 11.6 Å². The number of hydrogen-bond acceptors (Lipinski definition) is 1. The van der Waals surface area contributed by atoms with Gasteiger partial charge < -0.3 is 5.32 Å². The fraction of sp³-hybridized carbons (Fsp3) is 0.600. The van der Waals surface area contributed by atoms with Crippen LogP contribution in [0.5, 0.6) is 0 Å². The molecule has 0 radical (unpaired) electrons. The highest BCUT2D eigenvalue weighted by Gasteiger charge is 2.33. The van der Waals surface area contributed by atoms with Crippen molar-refractivity contribution < 1.29 is 8.78 Å². The van der Waals surface area contributed by atoms with E-state index in [4.69, 9.17) is 0 Å². The Morgan fingerprint density at radius 1 is 1.06 bits per heavy atom. The molecule has 1 aliphatic heterocycles. The molecule has 1 aliphatic carbocycles. The van der Waals surface area contributed by atoms with E-state index >= 15 is 0 Å². The van der Waals surface area contributed by atoms with Gasteiger partial charge in [-0.15, -0.1) is 0 Å². The Morgan fingerprint density at radius 3 is 2.61 bits per heavy atom. The predicted octanol–water partition coefficient (Wildman–Crippen LogP) is 3.43. The van der Waals surface area contributed by atoms with Gasteiger partial charge in [0.25, 0.3) is 0 Å². The van der Waals surface area contributed by atoms with Gasteiger partial charge in [-0.25, -0.2) is 8.78 Å². The van der Waals surface area contributed by atoms with Gasteiger partial charge in [0.1, 0.15) is 11.6 Å². The molecule has 18 heavy (non-hydrogen) atoms. The molecule has 1 saturated carbocycles. The summed E-state index contributed by atoms with van der Waals surface area (Å²) in [5.41, 5.74) is 0.242. The molecule has 0 aromatic heterocycles. The summed E-state index contributed by atoms with van der Waals surface area (Å²) in [4.78, 5) is 0. The van der Waals surface area contributed by atoms with E-state index in [1.165, 1.54) is 43.9 Å². The van der Waals surface area contributed by atoms with Gasteiger partial charge in [-0.2, -0.15) is 0 Å². The van der Waals surface area contributed by atoms with Crippen molar-refractivity contribution in [3.05, 3.63) is 35.4 Å². The Balaban J connectivity index is 1.69. The van der Waals surface area contributed by atoms with E-state index in [1.807, 2.05) is 0 Å². The summed E-state index contributed by atoms with van der Waals surface area (Å²) < 4.78 is 27.2. The molecule has 3 unspecified atom stereocenters. The van der Waals surface area contributed by atoms with Gasteiger partial charge in [0.15, 0.2) is 0 Å². The first-order chi connectivity index (χ1) is 8.74. The van der Waals surface area contributed by atoms with Gasteiger partial charge in [0, 0.05) is 17.6 Å². The second-order valence-corrected chi connectivity index (χ2v) is 5.64. The Labute approximate surface area is 107 Å². The van der Waals surface area contributed by atoms with Gasteiger partial charge in [-0.05, 0) is 50.2 Å². The third kappa shape index (κ3) is 2.28. The maximum Gasteiger partial charge on any atom is 0.129 e. The minimum atomic E-state index is -0.412. The normalized spacial score (nSPS) is 31.3. The Bertz CT molecular complexity index is 412. The summed E-state index contributed by atoms with van der Waals surface area (Å²) in [6, 6.07) is 4.93. The van der Waals surface area contributed by atoms with Crippen molar-refractivity contribution in [1.29, 1.82) is 0 Å². The molecular weight excluding hydrogens is 232 g/mol. The van der Waals surface area contributed by atoms with Crippen LogP contribution in [0.15, 0.2) is 18.2 Å². The van der Waals surface area contributed by atoms with Crippen LogP contribution >= 0.6 is 0 Å². The zero-order chi connectivity index (χ0) is 12.5. The highest BCUT2D eigenvalue weighted by Crippen LogP contribution is 2.34. The van der Waals surface area contributed by atoms with Crippen molar-refractivity contribution in [2.75, 3.05) is 0 Å². The molecule has 98 valence electrons. The Morgan fingerprint density at radius 2 is 1.83 bits per heavy atom. The maximum absolute atomic E-state index is 13.6. The average Bonchev–Trinajstić information content (AvgIpc) is 2.81. The number of halogens is 2. The van der Waals surface area contributed by atoms with Crippen molar-refractivity contribution in [1.82, 2.24) is 5.32 Å². The Hall–Kier alpha value is -0.960. The van der Waals surface area contributed by atoms with Crippen molar-refractivity contribution in [2.24, 2.45) is 5.92 Å². The first kappa shape index (κ1) is 12.1. The van der Waals surface area contributed by atoms with Crippen LogP contribution in [0.25, 0.3) is 0 Å². The van der Waals surface area contributed by atoms with E-state index in [0.717, 1.165) is 12.3 Å². The smallest absolute Gasteiger partial charge is 0.129 e. The van der Waals surface area contributed by atoms with Crippen LogP contribution in [-0.2, 0) is 6.42 Å². The zero-order valence-corrected chi connectivity index (χ0v) is 10.5. The van der Waals surface area contributed by atoms with Crippen LogP contribution in [-0.4, -0.2) is 12.1 Å². The van der Waals surface area contributed by atoms with Crippen LogP contribution in [0.4, 0.5) is 8.78 Å². The molecule has 0 bridgehead atoms. The van der Waals surface area contributed by atoms with Crippen molar-refractivity contribution >= 4 is 0 Å². The van der Waals surface area contributed by atoms with Crippen LogP contribution in [0, 0.1) is 17.6 Å². The average molecular weight is 251 g/mol. The second kappa shape index (κ2) is 4.96. The number of fused-ring (bicyclic) bond motifs is 1. The molecule has 3 rings (SSSR count). The van der Waals surface area contributed by atoms with Crippen molar-refractivity contribution in [3.8, 4) is 0 Å². The number of hydrogen-bond donors (Lipinski definition) is 1. The molecule has 1 N–H and O–H groups in total. The lowest BCUT2D eigenvalue weighted by molar-refractivity contribution is 0.255. The number of nitrogens with one attached hydrogen (secondary N) is 1. The van der Waals surface area contributed by atoms with Gasteiger partial charge in [-0.3, -0.25) is 0 Å². The summed E-state index contributed by atoms with van der Waals surface area (Å²) in [5, 5.41) is 3.58. The van der Waals surface area contributed by atoms with Crippen LogP contribution in [0.1, 0.15) is 37.7 Å². The van der Waals surface area contributed by atoms with Crippen molar-refractivity contribution in [3.63, 3.8) is 0 Å². The lowest BCUT2D eigenvalue weighted by atomic mass is 9.87. The number of piperidine rings is 1. The summed E-state index contributed by atoms with van der Waals surface area (Å²) in [6.45, 7) is 0. The largest absolute Gasteiger partial charge is 0.311 e. The third-order valence-corrected chi connectivity index (χ3v) is 4.51. The van der Waals surface area contributed by atoms with E-state index in [0.29, 0.717) is 12.5 Å². The summed E-state index contributed by atoms with van der Waals surface area (Å²) >= 11 is 0. The van der Waals surface area contributed by atoms with Gasteiger partial charge in [0.05, 0.1) is 0 Å². The van der Waals surface area contributed by atoms with E-state index in [1.54, 1.807) is 0 Å². The van der Waals surface area contributed by atoms with Crippen LogP contribution < -0.4 is 5.32 Å². The third-order valence-electron chi connectivity index (χ3n) is 4.51. The fourth-order valence-corrected chi connectivity index (χ4v) is 3.54. The number of rotatable bonds is 2. The molecule has 0 spiro atoms. The minimum absolute atomic E-state index is 0.232. The molecule has 1 aromatic rings. The van der Waals surface area contributed by atoms with Crippen molar-refractivity contribution in [2.45, 2.75) is 50.6 Å². The highest BCUT2D eigenvalue weighted by molar-refractivity contribution is 5.21. The quantitative estimate of drug-likeness (QED) is 0.849. The molecular formula is C15H19F2N. The SMILES string of the molecule is Fc1cccc(F)c1CC1CCC2CCCC2N1.